The summed E-state index contributed by atoms with van der Waals surface area (Å²) in [6.45, 7) is 0. The van der Waals surface area contributed by atoms with E-state index in [0.29, 0.717) is 0 Å². The summed E-state index contributed by atoms with van der Waals surface area (Å²) < 4.78 is 45.2. The third-order valence-corrected chi connectivity index (χ3v) is 6.30. The van der Waals surface area contributed by atoms with Gasteiger partial charge in [-0.25, -0.2) is 8.78 Å². The third-order valence-electron chi connectivity index (χ3n) is 1.11. The van der Waals surface area contributed by atoms with Crippen molar-refractivity contribution in [2.45, 2.75) is 17.8 Å². The molecule has 0 fully saturated rings. The Bertz CT molecular complexity index is 197. The zero-order valence-electron chi connectivity index (χ0n) is 5.78. The highest BCUT2D eigenvalue weighted by atomic mass is 79.9. The summed E-state index contributed by atoms with van der Waals surface area (Å²) in [6, 6.07) is 0. The van der Waals surface area contributed by atoms with Crippen LogP contribution in [0.3, 0.4) is 0 Å². The second-order valence-corrected chi connectivity index (χ2v) is 7.94. The SMILES string of the molecule is FC(F)(Br)C(F)(Cl)C(Cl)(Br)C(F)(Cl)Br. The van der Waals surface area contributed by atoms with Crippen LogP contribution < -0.4 is 0 Å². The van der Waals surface area contributed by atoms with Gasteiger partial charge in [0.15, 0.2) is 0 Å². The monoisotopic (exact) mass is 466 g/mol. The van der Waals surface area contributed by atoms with Crippen LogP contribution in [-0.2, 0) is 0 Å². The van der Waals surface area contributed by atoms with E-state index < -0.39 is 17.8 Å². The first-order chi connectivity index (χ1) is 5.75. The maximum absolute atomic E-state index is 13.3. The first-order valence-electron chi connectivity index (χ1n) is 2.64. The van der Waals surface area contributed by atoms with E-state index >= 15 is 0 Å². The van der Waals surface area contributed by atoms with Crippen LogP contribution in [0.25, 0.3) is 0 Å². The van der Waals surface area contributed by atoms with Gasteiger partial charge in [0.1, 0.15) is 0 Å². The lowest BCUT2D eigenvalue weighted by atomic mass is 10.3. The van der Waals surface area contributed by atoms with Crippen molar-refractivity contribution in [1.82, 2.24) is 0 Å². The smallest absolute Gasteiger partial charge is 0.215 e. The van der Waals surface area contributed by atoms with Gasteiger partial charge < -0.3 is 0 Å². The van der Waals surface area contributed by atoms with Crippen molar-refractivity contribution in [3.63, 3.8) is 0 Å². The minimum absolute atomic E-state index is 1.63. The van der Waals surface area contributed by atoms with Crippen molar-refractivity contribution in [2.75, 3.05) is 0 Å². The van der Waals surface area contributed by atoms with E-state index in [2.05, 4.69) is 31.9 Å². The number of halogens is 10. The van der Waals surface area contributed by atoms with Gasteiger partial charge in [0.05, 0.1) is 0 Å². The molecule has 0 N–H and O–H groups in total. The Balaban J connectivity index is 5.30. The maximum Gasteiger partial charge on any atom is 0.351 e. The molecule has 0 nitrogen and oxygen atoms in total. The quantitative estimate of drug-likeness (QED) is 0.380. The molecule has 0 aromatic rings. The van der Waals surface area contributed by atoms with Gasteiger partial charge in [-0.3, -0.25) is 0 Å². The summed E-state index contributed by atoms with van der Waals surface area (Å²) in [5.41, 5.74) is 0. The Labute approximate surface area is 117 Å². The van der Waals surface area contributed by atoms with Gasteiger partial charge in [-0.05, 0) is 31.9 Å². The van der Waals surface area contributed by atoms with Crippen molar-refractivity contribution in [2.24, 2.45) is 0 Å². The van der Waals surface area contributed by atoms with Crippen LogP contribution in [0, 0.1) is 0 Å². The molecule has 0 spiro atoms. The topological polar surface area (TPSA) is 0 Å². The largest absolute Gasteiger partial charge is 0.351 e. The van der Waals surface area contributed by atoms with E-state index in [1.165, 1.54) is 0 Å². The summed E-state index contributed by atoms with van der Waals surface area (Å²) in [4.78, 5) is -4.28. The van der Waals surface area contributed by atoms with Crippen LogP contribution in [0.4, 0.5) is 17.6 Å². The standard InChI is InChI=1S/C4Br3Cl3F4/c5-1(8,3(6,10)12)2(9,11)4(7,13)14. The van der Waals surface area contributed by atoms with Crippen molar-refractivity contribution in [3.05, 3.63) is 0 Å². The van der Waals surface area contributed by atoms with Crippen molar-refractivity contribution in [1.29, 1.82) is 0 Å². The molecule has 10 heteroatoms. The molecular formula is C4Br3Cl3F4. The first kappa shape index (κ1) is 16.0. The van der Waals surface area contributed by atoms with E-state index in [4.69, 9.17) is 34.8 Å². The van der Waals surface area contributed by atoms with Gasteiger partial charge in [-0.1, -0.05) is 50.7 Å². The molecule has 0 aromatic heterocycles. The molecule has 3 unspecified atom stereocenters. The second kappa shape index (κ2) is 4.37. The number of hydrogen-bond acceptors (Lipinski definition) is 0. The molecular weight excluding hydrogens is 470 g/mol. The van der Waals surface area contributed by atoms with E-state index in [1.54, 1.807) is 15.9 Å². The number of alkyl halides is 10. The van der Waals surface area contributed by atoms with Gasteiger partial charge in [0, 0.05) is 0 Å². The molecule has 0 saturated carbocycles. The van der Waals surface area contributed by atoms with Crippen molar-refractivity contribution < 1.29 is 17.6 Å². The normalized spacial score (nSPS) is 26.1. The fraction of sp³-hybridized carbons (Fsp3) is 1.00. The summed E-state index contributed by atoms with van der Waals surface area (Å²) in [5, 5.41) is -4.00. The Morgan fingerprint density at radius 3 is 1.14 bits per heavy atom. The second-order valence-electron chi connectivity index (χ2n) is 2.14. The Hall–Kier alpha value is 2.03. The highest BCUT2D eigenvalue weighted by Gasteiger charge is 2.72. The van der Waals surface area contributed by atoms with Crippen molar-refractivity contribution in [3.8, 4) is 0 Å². The molecule has 0 aliphatic heterocycles. The molecule has 14 heavy (non-hydrogen) atoms. The van der Waals surface area contributed by atoms with Crippen LogP contribution in [0.15, 0.2) is 0 Å². The molecule has 0 aliphatic carbocycles. The fourth-order valence-electron chi connectivity index (χ4n) is 0.356. The Morgan fingerprint density at radius 1 is 0.786 bits per heavy atom. The average Bonchev–Trinajstić information content (AvgIpc) is 1.81. The fourth-order valence-corrected chi connectivity index (χ4v) is 2.10. The van der Waals surface area contributed by atoms with E-state index in [-0.39, 0.29) is 0 Å². The van der Waals surface area contributed by atoms with Crippen LogP contribution in [0.1, 0.15) is 0 Å². The van der Waals surface area contributed by atoms with E-state index in [1.807, 2.05) is 0 Å². The van der Waals surface area contributed by atoms with Crippen LogP contribution in [0.2, 0.25) is 0 Å². The zero-order chi connectivity index (χ0) is 12.0. The van der Waals surface area contributed by atoms with Crippen LogP contribution in [-0.4, -0.2) is 17.8 Å². The number of hydrogen-bond donors (Lipinski definition) is 0. The molecule has 0 radical (unpaired) electrons. The predicted molar refractivity (Wildman–Crippen MR) is 59.7 cm³/mol. The zero-order valence-corrected chi connectivity index (χ0v) is 12.8. The lowest BCUT2D eigenvalue weighted by molar-refractivity contribution is -0.0198. The van der Waals surface area contributed by atoms with E-state index in [0.717, 1.165) is 0 Å². The van der Waals surface area contributed by atoms with Gasteiger partial charge in [0.2, 0.25) is 3.78 Å². The molecule has 0 aromatic carbocycles. The predicted octanol–water partition coefficient (Wildman–Crippen LogP) is 5.47. The molecule has 3 atom stereocenters. The molecule has 86 valence electrons. The molecule has 0 aliphatic rings. The van der Waals surface area contributed by atoms with E-state index in [9.17, 15) is 17.6 Å². The summed E-state index contributed by atoms with van der Waals surface area (Å²) >= 11 is 20.7. The molecule has 0 rings (SSSR count). The highest BCUT2D eigenvalue weighted by Crippen LogP contribution is 2.61. The van der Waals surface area contributed by atoms with Crippen LogP contribution >= 0.6 is 82.6 Å². The summed E-state index contributed by atoms with van der Waals surface area (Å²) in [6.07, 6.45) is 0. The van der Waals surface area contributed by atoms with Gasteiger partial charge in [-0.2, -0.15) is 8.78 Å². The first-order valence-corrected chi connectivity index (χ1v) is 6.15. The minimum atomic E-state index is -4.28. The maximum atomic E-state index is 13.3. The number of rotatable bonds is 3. The van der Waals surface area contributed by atoms with Gasteiger partial charge in [-0.15, -0.1) is 0 Å². The van der Waals surface area contributed by atoms with Crippen LogP contribution in [0.5, 0.6) is 0 Å². The highest BCUT2D eigenvalue weighted by molar-refractivity contribution is 9.13. The van der Waals surface area contributed by atoms with Gasteiger partial charge >= 0.3 is 4.83 Å². The molecule has 0 bridgehead atoms. The Kier molecular flexibility index (Phi) is 5.00. The molecule has 0 heterocycles. The summed E-state index contributed by atoms with van der Waals surface area (Å²) in [5.74, 6) is 0. The third kappa shape index (κ3) is 2.83. The lowest BCUT2D eigenvalue weighted by Gasteiger charge is -2.37. The average molecular weight is 470 g/mol. The minimum Gasteiger partial charge on any atom is -0.215 e. The molecule has 0 amide bonds. The molecule has 0 saturated heterocycles. The summed E-state index contributed by atoms with van der Waals surface area (Å²) in [7, 11) is 0. The van der Waals surface area contributed by atoms with Gasteiger partial charge in [0.25, 0.3) is 9.17 Å². The Morgan fingerprint density at radius 2 is 1.07 bits per heavy atom. The lowest BCUT2D eigenvalue weighted by Crippen LogP contribution is -2.55. The van der Waals surface area contributed by atoms with Crippen molar-refractivity contribution >= 4 is 82.6 Å².